The summed E-state index contributed by atoms with van der Waals surface area (Å²) in [6.45, 7) is 14.5. The first kappa shape index (κ1) is 63.0. The van der Waals surface area contributed by atoms with Gasteiger partial charge < -0.3 is 38.2 Å². The van der Waals surface area contributed by atoms with Gasteiger partial charge in [-0.2, -0.15) is 5.26 Å². The first-order valence-electron chi connectivity index (χ1n) is 27.6. The van der Waals surface area contributed by atoms with Crippen LogP contribution in [-0.2, 0) is 72.9 Å². The molecule has 27 nitrogen and oxygen atoms in total. The number of ketones is 1. The van der Waals surface area contributed by atoms with Gasteiger partial charge >= 0.3 is 21.7 Å². The molecular weight excluding hydrogens is 1170 g/mol. The molecule has 32 heteroatoms. The van der Waals surface area contributed by atoms with E-state index in [0.29, 0.717) is 41.7 Å². The van der Waals surface area contributed by atoms with E-state index < -0.39 is 118 Å². The Bertz CT molecular complexity index is 3410. The molecule has 84 heavy (non-hydrogen) atoms. The number of rotatable bonds is 19. The predicted octanol–water partition coefficient (Wildman–Crippen LogP) is 7.15. The van der Waals surface area contributed by atoms with E-state index in [1.807, 2.05) is 39.9 Å². The molecule has 10 atom stereocenters. The standard InChI is InChI=1S/C52H71FN10O17P2Si2/c1-52(2,3)84(7,8)80-42-37-29-75-82(70,73-21-13-18-54)79-41-36(76-49(39(41)53)62-27-34-16-12-19-61(44-38(34)45(62)57-30-56-44)47(65)33-14-10-9-11-15-33)28-74-81(68,69)78-43(42)50(77-37)63-32-58-40-46(63)59-31-60(48(40)66)20-23-71-22-17-35(64)26-55-51(67)72-24-25-83(4,5)6/h9-11,14-15,27,30-32,36-37,39,41-43,49-50H,12-13,16-17,19-26,28-29H2,1-8H3,(H,55,67)(H,68,69)/t36-,37-,39-,41-,42-,43-,49-,50-,82?/m1/s1. The van der Waals surface area contributed by atoms with Crippen LogP contribution < -0.4 is 15.8 Å². The lowest BCUT2D eigenvalue weighted by molar-refractivity contribution is -0.119. The molecule has 5 aromatic rings. The largest absolute Gasteiger partial charge is 0.475 e. The lowest BCUT2D eigenvalue weighted by atomic mass is 10.1. The summed E-state index contributed by atoms with van der Waals surface area (Å²) in [4.78, 5) is 83.5. The molecular formula is C52H71FN10O17P2Si2. The van der Waals surface area contributed by atoms with Crippen LogP contribution in [0.15, 0.2) is 60.3 Å². The molecule has 2 unspecified atom stereocenters. The normalized spacial score (nSPS) is 26.8. The number of carbonyl (C=O) groups is 3. The highest BCUT2D eigenvalue weighted by molar-refractivity contribution is 7.48. The molecule has 9 rings (SSSR count). The van der Waals surface area contributed by atoms with Gasteiger partial charge in [-0.05, 0) is 54.7 Å². The number of benzene rings is 1. The third kappa shape index (κ3) is 14.3. The summed E-state index contributed by atoms with van der Waals surface area (Å²) in [5.74, 6) is -0.290. The second kappa shape index (κ2) is 25.8. The molecule has 0 spiro atoms. The molecule has 4 aliphatic rings. The number of halogens is 1. The molecule has 4 aromatic heterocycles. The fourth-order valence-corrected chi connectivity index (χ4v) is 14.0. The molecule has 2 amide bonds. The number of ether oxygens (including phenoxy) is 4. The van der Waals surface area contributed by atoms with E-state index in [1.54, 1.807) is 41.4 Å². The predicted molar refractivity (Wildman–Crippen MR) is 304 cm³/mol. The third-order valence-corrected chi connectivity index (χ3v) is 23.8. The van der Waals surface area contributed by atoms with E-state index in [2.05, 4.69) is 44.9 Å². The second-order valence-corrected chi connectivity index (χ2v) is 36.9. The van der Waals surface area contributed by atoms with Crippen LogP contribution in [0.2, 0.25) is 43.8 Å². The van der Waals surface area contributed by atoms with E-state index in [-0.39, 0.29) is 74.3 Å². The van der Waals surface area contributed by atoms with Gasteiger partial charge in [-0.15, -0.1) is 0 Å². The van der Waals surface area contributed by atoms with Crippen LogP contribution in [0.25, 0.3) is 22.2 Å². The number of aryl methyl sites for hydroxylation is 1. The quantitative estimate of drug-likeness (QED) is 0.0471. The fourth-order valence-electron chi connectivity index (χ4n) is 9.69. The van der Waals surface area contributed by atoms with Gasteiger partial charge in [0.2, 0.25) is 0 Å². The molecule has 4 aliphatic heterocycles. The van der Waals surface area contributed by atoms with E-state index in [0.717, 1.165) is 6.04 Å². The Hall–Kier alpha value is -5.49. The number of aromatic nitrogens is 7. The maximum atomic E-state index is 17.5. The summed E-state index contributed by atoms with van der Waals surface area (Å²) in [6.07, 6.45) is -7.76. The van der Waals surface area contributed by atoms with Crippen LogP contribution in [0, 0.1) is 11.3 Å². The molecule has 2 bridgehead atoms. The van der Waals surface area contributed by atoms with Gasteiger partial charge in [0.1, 0.15) is 54.6 Å². The van der Waals surface area contributed by atoms with Crippen molar-refractivity contribution in [3.05, 3.63) is 77.0 Å². The molecule has 0 radical (unpaired) electrons. The number of imidazole rings is 1. The highest BCUT2D eigenvalue weighted by atomic mass is 31.2. The maximum absolute atomic E-state index is 17.5. The molecule has 8 heterocycles. The monoisotopic (exact) mass is 1240 g/mol. The van der Waals surface area contributed by atoms with E-state index >= 15 is 8.96 Å². The van der Waals surface area contributed by atoms with Crippen molar-refractivity contribution in [1.82, 2.24) is 39.0 Å². The zero-order valence-electron chi connectivity index (χ0n) is 48.0. The molecule has 0 aliphatic carbocycles. The number of hydrogen-bond donors (Lipinski definition) is 2. The van der Waals surface area contributed by atoms with Crippen molar-refractivity contribution in [2.45, 2.75) is 146 Å². The minimum Gasteiger partial charge on any atom is -0.450 e. The van der Waals surface area contributed by atoms with Gasteiger partial charge in [0.25, 0.3) is 11.5 Å². The zero-order valence-corrected chi connectivity index (χ0v) is 51.8. The summed E-state index contributed by atoms with van der Waals surface area (Å²) in [6, 6.07) is 11.4. The number of hydrogen-bond acceptors (Lipinski definition) is 21. The van der Waals surface area contributed by atoms with Crippen LogP contribution in [0.4, 0.5) is 15.0 Å². The minimum absolute atomic E-state index is 0.000526. The number of carbonyl (C=O) groups excluding carboxylic acids is 3. The molecule has 456 valence electrons. The Labute approximate surface area is 485 Å². The van der Waals surface area contributed by atoms with E-state index in [1.165, 1.54) is 32.7 Å². The summed E-state index contributed by atoms with van der Waals surface area (Å²) in [5, 5.41) is 11.9. The number of alkyl carbamates (subject to hydrolysis) is 1. The topological polar surface area (TPSA) is 320 Å². The van der Waals surface area contributed by atoms with Gasteiger partial charge in [-0.3, -0.25) is 51.0 Å². The van der Waals surface area contributed by atoms with Crippen molar-refractivity contribution < 1.29 is 78.8 Å². The van der Waals surface area contributed by atoms with Crippen molar-refractivity contribution in [2.24, 2.45) is 0 Å². The Balaban J connectivity index is 0.967. The number of nitrogens with zero attached hydrogens (tertiary/aromatic N) is 9. The van der Waals surface area contributed by atoms with Crippen molar-refractivity contribution in [3.8, 4) is 6.07 Å². The Morgan fingerprint density at radius 2 is 1.65 bits per heavy atom. The van der Waals surface area contributed by atoms with E-state index in [4.69, 9.17) is 46.0 Å². The third-order valence-electron chi connectivity index (χ3n) is 15.2. The van der Waals surface area contributed by atoms with Gasteiger partial charge in [-0.25, -0.2) is 38.3 Å². The number of phosphoric acid groups is 2. The van der Waals surface area contributed by atoms with Gasteiger partial charge in [0.15, 0.2) is 43.9 Å². The van der Waals surface area contributed by atoms with E-state index in [9.17, 15) is 33.9 Å². The highest BCUT2D eigenvalue weighted by Crippen LogP contribution is 2.57. The minimum atomic E-state index is -5.32. The number of fused-ring (bicyclic) bond motifs is 4. The Kier molecular flexibility index (Phi) is 19.4. The molecule has 3 saturated heterocycles. The number of phosphoric ester groups is 2. The summed E-state index contributed by atoms with van der Waals surface area (Å²) in [5.41, 5.74) is 0.530. The summed E-state index contributed by atoms with van der Waals surface area (Å²) in [7, 11) is -14.7. The number of nitriles is 1. The summed E-state index contributed by atoms with van der Waals surface area (Å²) < 4.78 is 111. The maximum Gasteiger partial charge on any atom is 0.475 e. The summed E-state index contributed by atoms with van der Waals surface area (Å²) >= 11 is 0. The van der Waals surface area contributed by atoms with Crippen LogP contribution in [0.5, 0.6) is 0 Å². The number of Topliss-reactive ketones (excluding diaryl/α,β-unsaturated/α-hetero) is 1. The number of alkyl halides is 1. The smallest absolute Gasteiger partial charge is 0.450 e. The van der Waals surface area contributed by atoms with Crippen LogP contribution >= 0.6 is 15.6 Å². The first-order valence-corrected chi connectivity index (χ1v) is 37.2. The van der Waals surface area contributed by atoms with Crippen molar-refractivity contribution >= 4 is 77.8 Å². The van der Waals surface area contributed by atoms with Crippen molar-refractivity contribution in [3.63, 3.8) is 0 Å². The second-order valence-electron chi connectivity index (χ2n) is 23.5. The highest BCUT2D eigenvalue weighted by Gasteiger charge is 2.57. The molecule has 0 saturated carbocycles. The van der Waals surface area contributed by atoms with Gasteiger partial charge in [0.05, 0.1) is 76.9 Å². The van der Waals surface area contributed by atoms with Crippen molar-refractivity contribution in [2.75, 3.05) is 57.6 Å². The average Bonchev–Trinajstić information content (AvgIpc) is 1.73. The van der Waals surface area contributed by atoms with Crippen molar-refractivity contribution in [1.29, 1.82) is 5.26 Å². The lowest BCUT2D eigenvalue weighted by Crippen LogP contribution is -2.50. The SMILES string of the molecule is CC(C)(C)[Si](C)(C)O[C@H]1[C@H]2OP(=O)(O)OC[C@H]3O[C@@H](n4cc5c6c(ncnc64)N(C(=O)c4ccccc4)CCC5)[C@H](F)[C@@H]3OP(=O)(OCCC#N)OC[C@H]1O[C@H]2n1cnc2c(=O)n(CCOCCC(=O)CNC(=O)OCC[Si](C)(C)C)cnc21. The lowest BCUT2D eigenvalue weighted by Gasteiger charge is -2.40. The zero-order chi connectivity index (χ0) is 60.4. The Morgan fingerprint density at radius 3 is 2.39 bits per heavy atom. The first-order chi connectivity index (χ1) is 39.8. The average molecular weight is 1250 g/mol. The van der Waals surface area contributed by atoms with Crippen LogP contribution in [0.3, 0.4) is 0 Å². The Morgan fingerprint density at radius 1 is 0.905 bits per heavy atom. The van der Waals surface area contributed by atoms with Crippen LogP contribution in [-0.4, -0.2) is 162 Å². The van der Waals surface area contributed by atoms with Gasteiger partial charge in [-0.1, -0.05) is 58.6 Å². The van der Waals surface area contributed by atoms with Gasteiger partial charge in [0, 0.05) is 32.8 Å². The molecule has 2 N–H and O–H groups in total. The number of amides is 2. The van der Waals surface area contributed by atoms with Crippen LogP contribution in [0.1, 0.15) is 68.4 Å². The molecule has 3 fully saturated rings. The number of anilines is 1. The fraction of sp³-hybridized carbons (Fsp3) is 0.596. The number of nitrogens with one attached hydrogen (secondary N) is 1. The molecule has 1 aromatic carbocycles.